The van der Waals surface area contributed by atoms with E-state index < -0.39 is 0 Å². The van der Waals surface area contributed by atoms with E-state index in [1.807, 2.05) is 31.2 Å². The van der Waals surface area contributed by atoms with Crippen LogP contribution >= 0.6 is 0 Å². The molecule has 0 amide bonds. The molecule has 0 aromatic heterocycles. The van der Waals surface area contributed by atoms with Crippen LogP contribution in [0.3, 0.4) is 0 Å². The van der Waals surface area contributed by atoms with Crippen molar-refractivity contribution in [3.8, 4) is 0 Å². The van der Waals surface area contributed by atoms with Crippen molar-refractivity contribution >= 4 is 5.78 Å². The third-order valence-electron chi connectivity index (χ3n) is 3.41. The van der Waals surface area contributed by atoms with Gasteiger partial charge in [0.05, 0.1) is 19.1 Å². The van der Waals surface area contributed by atoms with Crippen LogP contribution in [0.15, 0.2) is 24.3 Å². The van der Waals surface area contributed by atoms with Crippen LogP contribution in [0.25, 0.3) is 0 Å². The number of aryl methyl sites for hydroxylation is 1. The minimum absolute atomic E-state index is 0.0424. The predicted molar refractivity (Wildman–Crippen MR) is 71.9 cm³/mol. The van der Waals surface area contributed by atoms with Crippen LogP contribution in [-0.2, 0) is 4.74 Å². The Bertz CT molecular complexity index is 399. The summed E-state index contributed by atoms with van der Waals surface area (Å²) in [4.78, 5) is 12.4. The van der Waals surface area contributed by atoms with E-state index in [0.717, 1.165) is 18.5 Å². The molecule has 0 spiro atoms. The first-order chi connectivity index (χ1) is 8.72. The van der Waals surface area contributed by atoms with E-state index in [9.17, 15) is 4.79 Å². The van der Waals surface area contributed by atoms with Gasteiger partial charge >= 0.3 is 0 Å². The summed E-state index contributed by atoms with van der Waals surface area (Å²) in [7, 11) is 0. The van der Waals surface area contributed by atoms with Gasteiger partial charge in [0.25, 0.3) is 0 Å². The van der Waals surface area contributed by atoms with Gasteiger partial charge in [-0.25, -0.2) is 0 Å². The Labute approximate surface area is 109 Å². The number of rotatable bonds is 5. The van der Waals surface area contributed by atoms with Crippen molar-refractivity contribution in [3.05, 3.63) is 35.4 Å². The van der Waals surface area contributed by atoms with Crippen LogP contribution in [0.2, 0.25) is 0 Å². The van der Waals surface area contributed by atoms with Gasteiger partial charge in [0.15, 0.2) is 5.78 Å². The number of ketones is 1. The van der Waals surface area contributed by atoms with Gasteiger partial charge in [-0.1, -0.05) is 36.8 Å². The molecule has 1 aliphatic rings. The van der Waals surface area contributed by atoms with E-state index in [-0.39, 0.29) is 17.7 Å². The molecule has 1 aliphatic heterocycles. The highest BCUT2D eigenvalue weighted by atomic mass is 16.5. The normalized spacial score (nSPS) is 23.2. The van der Waals surface area contributed by atoms with Crippen molar-refractivity contribution in [2.45, 2.75) is 26.3 Å². The van der Waals surface area contributed by atoms with Crippen LogP contribution in [0, 0.1) is 12.8 Å². The molecule has 3 heteroatoms. The quantitative estimate of drug-likeness (QED) is 0.811. The lowest BCUT2D eigenvalue weighted by molar-refractivity contribution is 0.0891. The molecular formula is C15H21NO2. The Morgan fingerprint density at radius 2 is 2.06 bits per heavy atom. The fourth-order valence-electron chi connectivity index (χ4n) is 2.28. The van der Waals surface area contributed by atoms with E-state index in [2.05, 4.69) is 12.2 Å². The number of benzene rings is 1. The molecule has 1 N–H and O–H groups in total. The lowest BCUT2D eigenvalue weighted by Crippen LogP contribution is -2.39. The van der Waals surface area contributed by atoms with Crippen molar-refractivity contribution in [2.75, 3.05) is 19.8 Å². The minimum atomic E-state index is -0.0424. The Morgan fingerprint density at radius 3 is 2.72 bits per heavy atom. The van der Waals surface area contributed by atoms with Crippen molar-refractivity contribution in [1.82, 2.24) is 5.32 Å². The van der Waals surface area contributed by atoms with Crippen LogP contribution in [-0.4, -0.2) is 31.6 Å². The Hall–Kier alpha value is -1.19. The Morgan fingerprint density at radius 1 is 1.33 bits per heavy atom. The fourth-order valence-corrected chi connectivity index (χ4v) is 2.28. The van der Waals surface area contributed by atoms with Crippen molar-refractivity contribution in [3.63, 3.8) is 0 Å². The standard InChI is InChI=1S/C15H21NO2/c1-3-8-16-14-10-18-9-13(14)15(17)12-6-4-11(2)5-7-12/h4-7,13-14,16H,3,8-10H2,1-2H3. The average Bonchev–Trinajstić information content (AvgIpc) is 2.84. The fraction of sp³-hybridized carbons (Fsp3) is 0.533. The number of carbonyl (C=O) groups excluding carboxylic acids is 1. The highest BCUT2D eigenvalue weighted by Crippen LogP contribution is 2.19. The first-order valence-electron chi connectivity index (χ1n) is 6.64. The van der Waals surface area contributed by atoms with E-state index in [1.54, 1.807) is 0 Å². The van der Waals surface area contributed by atoms with E-state index in [4.69, 9.17) is 4.74 Å². The second-order valence-electron chi connectivity index (χ2n) is 4.93. The van der Waals surface area contributed by atoms with Gasteiger partial charge in [-0.15, -0.1) is 0 Å². The topological polar surface area (TPSA) is 38.3 Å². The molecule has 1 saturated heterocycles. The Kier molecular flexibility index (Phi) is 4.50. The highest BCUT2D eigenvalue weighted by molar-refractivity contribution is 5.98. The van der Waals surface area contributed by atoms with Crippen molar-refractivity contribution in [2.24, 2.45) is 5.92 Å². The number of Topliss-reactive ketones (excluding diaryl/α,β-unsaturated/α-hetero) is 1. The monoisotopic (exact) mass is 247 g/mol. The van der Waals surface area contributed by atoms with Gasteiger partial charge in [0, 0.05) is 11.6 Å². The van der Waals surface area contributed by atoms with Gasteiger partial charge in [0.1, 0.15) is 0 Å². The Balaban J connectivity index is 2.05. The molecule has 0 bridgehead atoms. The summed E-state index contributed by atoms with van der Waals surface area (Å²) in [6.07, 6.45) is 1.07. The van der Waals surface area contributed by atoms with E-state index in [1.165, 1.54) is 5.56 Å². The summed E-state index contributed by atoms with van der Waals surface area (Å²) in [6.45, 7) is 6.26. The summed E-state index contributed by atoms with van der Waals surface area (Å²) in [6, 6.07) is 7.95. The van der Waals surface area contributed by atoms with Crippen LogP contribution in [0.4, 0.5) is 0 Å². The molecule has 2 rings (SSSR count). The van der Waals surface area contributed by atoms with Crippen molar-refractivity contribution in [1.29, 1.82) is 0 Å². The maximum absolute atomic E-state index is 12.4. The largest absolute Gasteiger partial charge is 0.379 e. The number of hydrogen-bond donors (Lipinski definition) is 1. The summed E-state index contributed by atoms with van der Waals surface area (Å²) >= 11 is 0. The first kappa shape index (κ1) is 13.2. The lowest BCUT2D eigenvalue weighted by Gasteiger charge is -2.17. The number of carbonyl (C=O) groups is 1. The molecule has 3 nitrogen and oxygen atoms in total. The second kappa shape index (κ2) is 6.12. The van der Waals surface area contributed by atoms with Crippen LogP contribution < -0.4 is 5.32 Å². The molecule has 0 radical (unpaired) electrons. The summed E-state index contributed by atoms with van der Waals surface area (Å²) in [5.41, 5.74) is 1.97. The van der Waals surface area contributed by atoms with E-state index in [0.29, 0.717) is 13.2 Å². The highest BCUT2D eigenvalue weighted by Gasteiger charge is 2.33. The number of ether oxygens (including phenoxy) is 1. The molecule has 2 atom stereocenters. The third kappa shape index (κ3) is 2.98. The molecule has 18 heavy (non-hydrogen) atoms. The molecule has 1 heterocycles. The van der Waals surface area contributed by atoms with Gasteiger partial charge in [-0.2, -0.15) is 0 Å². The lowest BCUT2D eigenvalue weighted by atomic mass is 9.93. The van der Waals surface area contributed by atoms with Gasteiger partial charge in [-0.3, -0.25) is 4.79 Å². The summed E-state index contributed by atoms with van der Waals surface area (Å²) < 4.78 is 5.45. The molecule has 2 unspecified atom stereocenters. The van der Waals surface area contributed by atoms with Gasteiger partial charge < -0.3 is 10.1 Å². The zero-order valence-electron chi connectivity index (χ0n) is 11.1. The molecule has 1 aromatic carbocycles. The predicted octanol–water partition coefficient (Wildman–Crippen LogP) is 2.19. The molecule has 1 fully saturated rings. The maximum Gasteiger partial charge on any atom is 0.169 e. The molecule has 98 valence electrons. The van der Waals surface area contributed by atoms with Crippen LogP contribution in [0.5, 0.6) is 0 Å². The minimum Gasteiger partial charge on any atom is -0.379 e. The smallest absolute Gasteiger partial charge is 0.169 e. The second-order valence-corrected chi connectivity index (χ2v) is 4.93. The average molecular weight is 247 g/mol. The number of hydrogen-bond acceptors (Lipinski definition) is 3. The number of nitrogens with one attached hydrogen (secondary N) is 1. The zero-order chi connectivity index (χ0) is 13.0. The third-order valence-corrected chi connectivity index (χ3v) is 3.41. The zero-order valence-corrected chi connectivity index (χ0v) is 11.1. The van der Waals surface area contributed by atoms with E-state index >= 15 is 0 Å². The SMILES string of the molecule is CCCNC1COCC1C(=O)c1ccc(C)cc1. The van der Waals surface area contributed by atoms with Crippen LogP contribution in [0.1, 0.15) is 29.3 Å². The maximum atomic E-state index is 12.4. The molecule has 0 saturated carbocycles. The van der Waals surface area contributed by atoms with Gasteiger partial charge in [0.2, 0.25) is 0 Å². The first-order valence-corrected chi connectivity index (χ1v) is 6.64. The molecule has 0 aliphatic carbocycles. The van der Waals surface area contributed by atoms with Crippen molar-refractivity contribution < 1.29 is 9.53 Å². The van der Waals surface area contributed by atoms with Gasteiger partial charge in [-0.05, 0) is 19.9 Å². The summed E-state index contributed by atoms with van der Waals surface area (Å²) in [5, 5.41) is 3.40. The summed E-state index contributed by atoms with van der Waals surface area (Å²) in [5.74, 6) is 0.153. The molecular weight excluding hydrogens is 226 g/mol. The molecule has 1 aromatic rings.